The first-order valence-corrected chi connectivity index (χ1v) is 8.10. The Balaban J connectivity index is 1.68. The standard InChI is InChI=1S/C15H15Cl2N3O5/c16-8-1-4-10(11(17)5-8)14(23)18-6-13(22)25-7-12(21)20-15(24)19-9-2-3-9/h1,4-5,9H,2-3,6-7H2,(H,18,23)(H2,19,20,21,24). The van der Waals surface area contributed by atoms with Gasteiger partial charge >= 0.3 is 12.0 Å². The number of esters is 1. The minimum Gasteiger partial charge on any atom is -0.454 e. The highest BCUT2D eigenvalue weighted by Crippen LogP contribution is 2.20. The Hall–Kier alpha value is -2.32. The van der Waals surface area contributed by atoms with E-state index in [0.717, 1.165) is 12.8 Å². The molecule has 0 spiro atoms. The fourth-order valence-electron chi connectivity index (χ4n) is 1.73. The number of urea groups is 1. The van der Waals surface area contributed by atoms with E-state index in [1.165, 1.54) is 18.2 Å². The zero-order valence-electron chi connectivity index (χ0n) is 12.9. The van der Waals surface area contributed by atoms with Gasteiger partial charge in [0.05, 0.1) is 10.6 Å². The van der Waals surface area contributed by atoms with Crippen molar-refractivity contribution in [3.63, 3.8) is 0 Å². The molecule has 1 aliphatic rings. The van der Waals surface area contributed by atoms with Crippen molar-refractivity contribution in [3.05, 3.63) is 33.8 Å². The van der Waals surface area contributed by atoms with Gasteiger partial charge in [-0.1, -0.05) is 23.2 Å². The Morgan fingerprint density at radius 1 is 1.16 bits per heavy atom. The summed E-state index contributed by atoms with van der Waals surface area (Å²) in [5, 5.41) is 7.39. The van der Waals surface area contributed by atoms with Crippen molar-refractivity contribution in [2.24, 2.45) is 0 Å². The van der Waals surface area contributed by atoms with Gasteiger partial charge in [-0.05, 0) is 31.0 Å². The lowest BCUT2D eigenvalue weighted by molar-refractivity contribution is -0.147. The second-order valence-electron chi connectivity index (χ2n) is 5.26. The maximum Gasteiger partial charge on any atom is 0.325 e. The molecule has 0 heterocycles. The topological polar surface area (TPSA) is 114 Å². The first-order valence-electron chi connectivity index (χ1n) is 7.34. The number of ether oxygens (including phenoxy) is 1. The van der Waals surface area contributed by atoms with Crippen molar-refractivity contribution in [1.29, 1.82) is 0 Å². The summed E-state index contributed by atoms with van der Waals surface area (Å²) in [7, 11) is 0. The summed E-state index contributed by atoms with van der Waals surface area (Å²) in [6, 6.07) is 3.77. The average molecular weight is 388 g/mol. The summed E-state index contributed by atoms with van der Waals surface area (Å²) in [5.41, 5.74) is 0.147. The fourth-order valence-corrected chi connectivity index (χ4v) is 2.22. The number of nitrogens with one attached hydrogen (secondary N) is 3. The molecule has 1 aromatic carbocycles. The van der Waals surface area contributed by atoms with Gasteiger partial charge in [-0.2, -0.15) is 0 Å². The SMILES string of the molecule is O=C(COC(=O)CNC(=O)c1ccc(Cl)cc1Cl)NC(=O)NC1CC1. The molecule has 4 amide bonds. The van der Waals surface area contributed by atoms with Crippen LogP contribution in [0.1, 0.15) is 23.2 Å². The molecule has 1 fully saturated rings. The van der Waals surface area contributed by atoms with Crippen LogP contribution in [0.5, 0.6) is 0 Å². The van der Waals surface area contributed by atoms with Crippen LogP contribution in [0.2, 0.25) is 10.0 Å². The molecule has 25 heavy (non-hydrogen) atoms. The third-order valence-corrected chi connectivity index (χ3v) is 3.65. The van der Waals surface area contributed by atoms with E-state index in [0.29, 0.717) is 5.02 Å². The van der Waals surface area contributed by atoms with Gasteiger partial charge in [0.2, 0.25) is 0 Å². The molecule has 3 N–H and O–H groups in total. The Kier molecular flexibility index (Phi) is 6.60. The third-order valence-electron chi connectivity index (χ3n) is 3.10. The van der Waals surface area contributed by atoms with E-state index in [9.17, 15) is 19.2 Å². The molecular formula is C15H15Cl2N3O5. The Morgan fingerprint density at radius 2 is 1.88 bits per heavy atom. The molecule has 0 aliphatic heterocycles. The summed E-state index contributed by atoms with van der Waals surface area (Å²) in [4.78, 5) is 46.2. The Labute approximate surface area is 153 Å². The molecule has 0 unspecified atom stereocenters. The molecule has 0 bridgehead atoms. The quantitative estimate of drug-likeness (QED) is 0.635. The van der Waals surface area contributed by atoms with E-state index in [1.54, 1.807) is 0 Å². The molecule has 2 rings (SSSR count). The minimum absolute atomic E-state index is 0.102. The average Bonchev–Trinajstić information content (AvgIpc) is 3.34. The maximum absolute atomic E-state index is 11.9. The fraction of sp³-hybridized carbons (Fsp3) is 0.333. The largest absolute Gasteiger partial charge is 0.454 e. The predicted octanol–water partition coefficient (Wildman–Crippen LogP) is 1.25. The van der Waals surface area contributed by atoms with Crippen molar-refractivity contribution in [2.75, 3.05) is 13.2 Å². The van der Waals surface area contributed by atoms with Crippen LogP contribution in [-0.4, -0.2) is 43.0 Å². The lowest BCUT2D eigenvalue weighted by atomic mass is 10.2. The number of hydrogen-bond donors (Lipinski definition) is 3. The van der Waals surface area contributed by atoms with Crippen LogP contribution in [0, 0.1) is 0 Å². The monoisotopic (exact) mass is 387 g/mol. The van der Waals surface area contributed by atoms with E-state index in [2.05, 4.69) is 15.4 Å². The first-order chi connectivity index (χ1) is 11.8. The molecule has 10 heteroatoms. The van der Waals surface area contributed by atoms with E-state index in [-0.39, 0.29) is 16.6 Å². The van der Waals surface area contributed by atoms with Gasteiger partial charge in [0.25, 0.3) is 11.8 Å². The second kappa shape index (κ2) is 8.68. The smallest absolute Gasteiger partial charge is 0.325 e. The van der Waals surface area contributed by atoms with Crippen LogP contribution < -0.4 is 16.0 Å². The number of hydrogen-bond acceptors (Lipinski definition) is 5. The Bertz CT molecular complexity index is 706. The maximum atomic E-state index is 11.9. The normalized spacial score (nSPS) is 12.9. The van der Waals surface area contributed by atoms with E-state index >= 15 is 0 Å². The summed E-state index contributed by atoms with van der Waals surface area (Å²) >= 11 is 11.6. The number of carbonyl (C=O) groups is 4. The molecular weight excluding hydrogens is 373 g/mol. The number of imide groups is 1. The first kappa shape index (κ1) is 19.0. The lowest BCUT2D eigenvalue weighted by Crippen LogP contribution is -2.42. The summed E-state index contributed by atoms with van der Waals surface area (Å²) < 4.78 is 4.66. The number of benzene rings is 1. The molecule has 0 aromatic heterocycles. The van der Waals surface area contributed by atoms with Crippen LogP contribution in [0.3, 0.4) is 0 Å². The van der Waals surface area contributed by atoms with Crippen LogP contribution >= 0.6 is 23.2 Å². The highest BCUT2D eigenvalue weighted by Gasteiger charge is 2.24. The van der Waals surface area contributed by atoms with Crippen molar-refractivity contribution in [1.82, 2.24) is 16.0 Å². The number of amides is 4. The molecule has 0 saturated heterocycles. The lowest BCUT2D eigenvalue weighted by Gasteiger charge is -2.08. The summed E-state index contributed by atoms with van der Waals surface area (Å²) in [6.45, 7) is -1.09. The zero-order valence-corrected chi connectivity index (χ0v) is 14.4. The highest BCUT2D eigenvalue weighted by molar-refractivity contribution is 6.36. The molecule has 1 saturated carbocycles. The van der Waals surface area contributed by atoms with E-state index in [4.69, 9.17) is 23.2 Å². The molecule has 1 aromatic rings. The highest BCUT2D eigenvalue weighted by atomic mass is 35.5. The third kappa shape index (κ3) is 6.60. The molecule has 0 atom stereocenters. The van der Waals surface area contributed by atoms with Gasteiger partial charge in [-0.25, -0.2) is 4.79 Å². The zero-order chi connectivity index (χ0) is 18.4. The van der Waals surface area contributed by atoms with Crippen LogP contribution in [0.4, 0.5) is 4.79 Å². The van der Waals surface area contributed by atoms with Gasteiger partial charge in [0, 0.05) is 11.1 Å². The predicted molar refractivity (Wildman–Crippen MR) is 89.5 cm³/mol. The summed E-state index contributed by atoms with van der Waals surface area (Å²) in [6.07, 6.45) is 1.77. The number of rotatable bonds is 6. The van der Waals surface area contributed by atoms with Crippen molar-refractivity contribution >= 4 is 47.0 Å². The van der Waals surface area contributed by atoms with Crippen molar-refractivity contribution in [2.45, 2.75) is 18.9 Å². The van der Waals surface area contributed by atoms with Crippen LogP contribution in [-0.2, 0) is 14.3 Å². The molecule has 8 nitrogen and oxygen atoms in total. The van der Waals surface area contributed by atoms with Gasteiger partial charge in [-0.3, -0.25) is 19.7 Å². The van der Waals surface area contributed by atoms with Gasteiger partial charge < -0.3 is 15.4 Å². The van der Waals surface area contributed by atoms with Gasteiger partial charge in [0.15, 0.2) is 6.61 Å². The van der Waals surface area contributed by atoms with Crippen LogP contribution in [0.25, 0.3) is 0 Å². The van der Waals surface area contributed by atoms with Crippen molar-refractivity contribution in [3.8, 4) is 0 Å². The van der Waals surface area contributed by atoms with Gasteiger partial charge in [0.1, 0.15) is 6.54 Å². The van der Waals surface area contributed by atoms with E-state index in [1.807, 2.05) is 5.32 Å². The second-order valence-corrected chi connectivity index (χ2v) is 6.11. The van der Waals surface area contributed by atoms with Crippen molar-refractivity contribution < 1.29 is 23.9 Å². The number of carbonyl (C=O) groups excluding carboxylic acids is 4. The van der Waals surface area contributed by atoms with E-state index < -0.39 is 37.0 Å². The molecule has 1 aliphatic carbocycles. The molecule has 134 valence electrons. The number of halogens is 2. The Morgan fingerprint density at radius 3 is 2.52 bits per heavy atom. The minimum atomic E-state index is -0.837. The van der Waals surface area contributed by atoms with Crippen LogP contribution in [0.15, 0.2) is 18.2 Å². The summed E-state index contributed by atoms with van der Waals surface area (Å²) in [5.74, 6) is -2.19. The molecule has 0 radical (unpaired) electrons. The van der Waals surface area contributed by atoms with Gasteiger partial charge in [-0.15, -0.1) is 0 Å².